The molecule has 1 N–H and O–H groups in total. The van der Waals surface area contributed by atoms with Gasteiger partial charge in [-0.15, -0.1) is 0 Å². The van der Waals surface area contributed by atoms with Gasteiger partial charge in [-0.05, 0) is 43.4 Å². The number of fused-ring (bicyclic) bond motifs is 1. The topological polar surface area (TPSA) is 32.3 Å². The van der Waals surface area contributed by atoms with Crippen LogP contribution in [0.25, 0.3) is 0 Å². The zero-order chi connectivity index (χ0) is 15.7. The number of nitrogens with zero attached hydrogens (tertiary/aromatic N) is 1. The first-order chi connectivity index (χ1) is 11.3. The van der Waals surface area contributed by atoms with Crippen molar-refractivity contribution in [2.24, 2.45) is 0 Å². The highest BCUT2D eigenvalue weighted by Crippen LogP contribution is 2.40. The van der Waals surface area contributed by atoms with Gasteiger partial charge in [-0.3, -0.25) is 4.79 Å². The molecule has 1 aliphatic carbocycles. The highest BCUT2D eigenvalue weighted by molar-refractivity contribution is 6.02. The second-order valence-corrected chi connectivity index (χ2v) is 6.64. The highest BCUT2D eigenvalue weighted by Gasteiger charge is 2.44. The molecule has 0 unspecified atom stereocenters. The van der Waals surface area contributed by atoms with Crippen LogP contribution in [0.2, 0.25) is 0 Å². The molecule has 4 rings (SSSR count). The number of benzene rings is 2. The first kappa shape index (κ1) is 14.3. The fraction of sp³-hybridized carbons (Fsp3) is 0.350. The molecular formula is C20H22N2O. The molecule has 1 saturated carbocycles. The Hall–Kier alpha value is -2.29. The molecule has 1 spiro atoms. The number of hydrogen-bond donors (Lipinski definition) is 1. The molecule has 1 fully saturated rings. The molecule has 0 bridgehead atoms. The van der Waals surface area contributed by atoms with E-state index < -0.39 is 0 Å². The number of para-hydroxylation sites is 1. The van der Waals surface area contributed by atoms with E-state index in [2.05, 4.69) is 40.5 Å². The molecule has 3 heteroatoms. The molecule has 1 heterocycles. The van der Waals surface area contributed by atoms with Crippen LogP contribution >= 0.6 is 0 Å². The van der Waals surface area contributed by atoms with Crippen LogP contribution in [0.1, 0.15) is 48.0 Å². The van der Waals surface area contributed by atoms with E-state index in [1.54, 1.807) is 0 Å². The molecule has 2 aliphatic rings. The normalized spacial score (nSPS) is 19.3. The average molecular weight is 306 g/mol. The van der Waals surface area contributed by atoms with Gasteiger partial charge in [0.05, 0.1) is 11.3 Å². The van der Waals surface area contributed by atoms with E-state index in [1.165, 1.54) is 24.8 Å². The van der Waals surface area contributed by atoms with E-state index in [-0.39, 0.29) is 11.6 Å². The first-order valence-electron chi connectivity index (χ1n) is 8.52. The van der Waals surface area contributed by atoms with Gasteiger partial charge in [0, 0.05) is 6.54 Å². The fourth-order valence-electron chi connectivity index (χ4n) is 4.01. The second-order valence-electron chi connectivity index (χ2n) is 6.64. The van der Waals surface area contributed by atoms with Crippen LogP contribution in [-0.4, -0.2) is 11.6 Å². The Balaban J connectivity index is 1.79. The van der Waals surface area contributed by atoms with Gasteiger partial charge in [-0.25, -0.2) is 0 Å². The largest absolute Gasteiger partial charge is 0.344 e. The maximum Gasteiger partial charge on any atom is 0.255 e. The molecule has 23 heavy (non-hydrogen) atoms. The van der Waals surface area contributed by atoms with Crippen molar-refractivity contribution in [3.8, 4) is 0 Å². The van der Waals surface area contributed by atoms with Crippen molar-refractivity contribution in [1.29, 1.82) is 0 Å². The van der Waals surface area contributed by atoms with Gasteiger partial charge in [0.1, 0.15) is 5.66 Å². The lowest BCUT2D eigenvalue weighted by molar-refractivity contribution is 0.0841. The van der Waals surface area contributed by atoms with Crippen molar-refractivity contribution in [3.63, 3.8) is 0 Å². The summed E-state index contributed by atoms with van der Waals surface area (Å²) in [4.78, 5) is 15.0. The van der Waals surface area contributed by atoms with E-state index in [9.17, 15) is 4.79 Å². The Bertz CT molecular complexity index is 705. The number of hydrogen-bond acceptors (Lipinski definition) is 2. The standard InChI is InChI=1S/C20H22N2O/c23-19-17-11-5-6-12-18(17)22(15-16-9-3-1-4-10-16)20(21-19)13-7-2-8-14-20/h1,3-6,9-12H,2,7-8,13-15H2,(H,21,23). The summed E-state index contributed by atoms with van der Waals surface area (Å²) < 4.78 is 0. The average Bonchev–Trinajstić information content (AvgIpc) is 2.60. The SMILES string of the molecule is O=C1NC2(CCCCC2)N(Cc2ccccc2)c2ccccc21. The third-order valence-electron chi connectivity index (χ3n) is 5.17. The minimum absolute atomic E-state index is 0.0758. The molecule has 3 nitrogen and oxygen atoms in total. The van der Waals surface area contributed by atoms with Gasteiger partial charge >= 0.3 is 0 Å². The Morgan fingerprint density at radius 3 is 2.39 bits per heavy atom. The van der Waals surface area contributed by atoms with Crippen LogP contribution in [0.5, 0.6) is 0 Å². The quantitative estimate of drug-likeness (QED) is 0.906. The van der Waals surface area contributed by atoms with Gasteiger partial charge in [0.25, 0.3) is 5.91 Å². The number of nitrogens with one attached hydrogen (secondary N) is 1. The molecule has 118 valence electrons. The molecule has 2 aromatic carbocycles. The Morgan fingerprint density at radius 1 is 0.913 bits per heavy atom. The van der Waals surface area contributed by atoms with Gasteiger partial charge < -0.3 is 10.2 Å². The highest BCUT2D eigenvalue weighted by atomic mass is 16.2. The summed E-state index contributed by atoms with van der Waals surface area (Å²) in [7, 11) is 0. The van der Waals surface area contributed by atoms with Crippen molar-refractivity contribution in [3.05, 3.63) is 65.7 Å². The van der Waals surface area contributed by atoms with Crippen LogP contribution in [-0.2, 0) is 6.54 Å². The summed E-state index contributed by atoms with van der Waals surface area (Å²) in [5.74, 6) is 0.0758. The number of anilines is 1. The van der Waals surface area contributed by atoms with Crippen molar-refractivity contribution in [1.82, 2.24) is 5.32 Å². The Morgan fingerprint density at radius 2 is 1.61 bits per heavy atom. The zero-order valence-corrected chi connectivity index (χ0v) is 13.3. The smallest absolute Gasteiger partial charge is 0.255 e. The maximum absolute atomic E-state index is 12.6. The fourth-order valence-corrected chi connectivity index (χ4v) is 4.01. The van der Waals surface area contributed by atoms with Crippen molar-refractivity contribution >= 4 is 11.6 Å². The third-order valence-corrected chi connectivity index (χ3v) is 5.17. The van der Waals surface area contributed by atoms with Gasteiger partial charge in [-0.2, -0.15) is 0 Å². The molecule has 0 aromatic heterocycles. The lowest BCUT2D eigenvalue weighted by Crippen LogP contribution is -2.64. The first-order valence-corrected chi connectivity index (χ1v) is 8.52. The maximum atomic E-state index is 12.6. The Labute approximate surface area is 137 Å². The summed E-state index contributed by atoms with van der Waals surface area (Å²) in [6.45, 7) is 0.831. The lowest BCUT2D eigenvalue weighted by Gasteiger charge is -2.51. The number of amides is 1. The summed E-state index contributed by atoms with van der Waals surface area (Å²) in [5.41, 5.74) is 2.92. The van der Waals surface area contributed by atoms with E-state index in [4.69, 9.17) is 0 Å². The van der Waals surface area contributed by atoms with Crippen LogP contribution in [0.4, 0.5) is 5.69 Å². The Kier molecular flexibility index (Phi) is 3.56. The predicted octanol–water partition coefficient (Wildman–Crippen LogP) is 4.10. The van der Waals surface area contributed by atoms with E-state index >= 15 is 0 Å². The molecule has 0 atom stereocenters. The van der Waals surface area contributed by atoms with Gasteiger partial charge in [0.2, 0.25) is 0 Å². The monoisotopic (exact) mass is 306 g/mol. The number of rotatable bonds is 2. The summed E-state index contributed by atoms with van der Waals surface area (Å²) in [6, 6.07) is 18.5. The van der Waals surface area contributed by atoms with E-state index in [0.29, 0.717) is 0 Å². The number of carbonyl (C=O) groups excluding carboxylic acids is 1. The van der Waals surface area contributed by atoms with Crippen LogP contribution in [0.3, 0.4) is 0 Å². The van der Waals surface area contributed by atoms with Crippen molar-refractivity contribution < 1.29 is 4.79 Å². The molecule has 0 radical (unpaired) electrons. The van der Waals surface area contributed by atoms with Crippen molar-refractivity contribution in [2.75, 3.05) is 4.90 Å². The lowest BCUT2D eigenvalue weighted by atomic mass is 9.84. The second kappa shape index (κ2) is 5.73. The summed E-state index contributed by atoms with van der Waals surface area (Å²) >= 11 is 0. The summed E-state index contributed by atoms with van der Waals surface area (Å²) in [5, 5.41) is 3.35. The third kappa shape index (κ3) is 2.50. The minimum atomic E-state index is -0.223. The predicted molar refractivity (Wildman–Crippen MR) is 92.3 cm³/mol. The molecule has 0 saturated heterocycles. The molecular weight excluding hydrogens is 284 g/mol. The van der Waals surface area contributed by atoms with Gasteiger partial charge in [-0.1, -0.05) is 48.9 Å². The minimum Gasteiger partial charge on any atom is -0.344 e. The van der Waals surface area contributed by atoms with E-state index in [0.717, 1.165) is 30.6 Å². The molecule has 1 amide bonds. The van der Waals surface area contributed by atoms with Crippen LogP contribution < -0.4 is 10.2 Å². The van der Waals surface area contributed by atoms with Gasteiger partial charge in [0.15, 0.2) is 0 Å². The van der Waals surface area contributed by atoms with Crippen LogP contribution in [0, 0.1) is 0 Å². The molecule has 1 aliphatic heterocycles. The van der Waals surface area contributed by atoms with E-state index in [1.807, 2.05) is 24.3 Å². The zero-order valence-electron chi connectivity index (χ0n) is 13.3. The van der Waals surface area contributed by atoms with Crippen molar-refractivity contribution in [2.45, 2.75) is 44.3 Å². The number of carbonyl (C=O) groups is 1. The summed E-state index contributed by atoms with van der Waals surface area (Å²) in [6.07, 6.45) is 5.67. The molecule has 2 aromatic rings. The van der Waals surface area contributed by atoms with Crippen LogP contribution in [0.15, 0.2) is 54.6 Å².